The minimum absolute atomic E-state index is 0.187. The van der Waals surface area contributed by atoms with Crippen LogP contribution in [0.5, 0.6) is 0 Å². The highest BCUT2D eigenvalue weighted by Crippen LogP contribution is 2.23. The van der Waals surface area contributed by atoms with Gasteiger partial charge in [0.25, 0.3) is 0 Å². The molecule has 1 unspecified atom stereocenters. The number of aliphatic carboxylic acids is 1. The fraction of sp³-hybridized carbons (Fsp3) is 0.615. The van der Waals surface area contributed by atoms with Crippen LogP contribution in [0.4, 0.5) is 4.79 Å². The van der Waals surface area contributed by atoms with Gasteiger partial charge in [-0.25, -0.2) is 14.6 Å². The lowest BCUT2D eigenvalue weighted by Crippen LogP contribution is -2.48. The summed E-state index contributed by atoms with van der Waals surface area (Å²) in [4.78, 5) is 29.5. The summed E-state index contributed by atoms with van der Waals surface area (Å²) >= 11 is 0. The van der Waals surface area contributed by atoms with E-state index in [2.05, 4.69) is 20.6 Å². The number of carboxylic acids is 1. The number of amides is 2. The zero-order chi connectivity index (χ0) is 14.4. The van der Waals surface area contributed by atoms with Crippen molar-refractivity contribution in [3.05, 3.63) is 18.2 Å². The number of carboxylic acid groups (broad SMARTS) is 1. The summed E-state index contributed by atoms with van der Waals surface area (Å²) in [7, 11) is 0. The van der Waals surface area contributed by atoms with Gasteiger partial charge in [-0.2, -0.15) is 0 Å². The van der Waals surface area contributed by atoms with E-state index in [1.54, 1.807) is 6.20 Å². The molecule has 1 heterocycles. The van der Waals surface area contributed by atoms with Gasteiger partial charge in [0.15, 0.2) is 0 Å². The first-order valence-corrected chi connectivity index (χ1v) is 6.89. The zero-order valence-corrected chi connectivity index (χ0v) is 11.3. The predicted octanol–water partition coefficient (Wildman–Crippen LogP) is 0.895. The van der Waals surface area contributed by atoms with Gasteiger partial charge < -0.3 is 20.7 Å². The second kappa shape index (κ2) is 6.93. The maximum Gasteiger partial charge on any atom is 0.326 e. The molecular formula is C13H20N4O3. The SMILES string of the molecule is O=C(NCC1CCCC1)NC(Cc1cnc[nH]1)C(=O)O. The van der Waals surface area contributed by atoms with Crippen LogP contribution in [-0.4, -0.2) is 39.7 Å². The lowest BCUT2D eigenvalue weighted by Gasteiger charge is -2.16. The van der Waals surface area contributed by atoms with Gasteiger partial charge in [-0.3, -0.25) is 0 Å². The van der Waals surface area contributed by atoms with Crippen molar-refractivity contribution < 1.29 is 14.7 Å². The number of hydrogen-bond acceptors (Lipinski definition) is 3. The van der Waals surface area contributed by atoms with Gasteiger partial charge in [0.2, 0.25) is 0 Å². The summed E-state index contributed by atoms with van der Waals surface area (Å²) in [5, 5.41) is 14.4. The molecule has 1 atom stereocenters. The van der Waals surface area contributed by atoms with Crippen molar-refractivity contribution in [1.82, 2.24) is 20.6 Å². The van der Waals surface area contributed by atoms with E-state index < -0.39 is 18.0 Å². The first-order chi connectivity index (χ1) is 9.65. The van der Waals surface area contributed by atoms with Crippen LogP contribution in [0.3, 0.4) is 0 Å². The molecular weight excluding hydrogens is 260 g/mol. The second-order valence-electron chi connectivity index (χ2n) is 5.18. The molecule has 1 aliphatic rings. The summed E-state index contributed by atoms with van der Waals surface area (Å²) in [6, 6.07) is -1.39. The van der Waals surface area contributed by atoms with Crippen molar-refractivity contribution in [1.29, 1.82) is 0 Å². The molecule has 1 aromatic rings. The predicted molar refractivity (Wildman–Crippen MR) is 72.2 cm³/mol. The number of imidazole rings is 1. The number of nitrogens with zero attached hydrogens (tertiary/aromatic N) is 1. The molecule has 4 N–H and O–H groups in total. The maximum atomic E-state index is 11.7. The molecule has 1 fully saturated rings. The van der Waals surface area contributed by atoms with Crippen LogP contribution in [0.1, 0.15) is 31.4 Å². The quantitative estimate of drug-likeness (QED) is 0.621. The second-order valence-corrected chi connectivity index (χ2v) is 5.18. The summed E-state index contributed by atoms with van der Waals surface area (Å²) in [5.41, 5.74) is 0.675. The van der Waals surface area contributed by atoms with E-state index in [1.165, 1.54) is 19.2 Å². The fourth-order valence-electron chi connectivity index (χ4n) is 2.48. The van der Waals surface area contributed by atoms with Crippen molar-refractivity contribution in [3.63, 3.8) is 0 Å². The van der Waals surface area contributed by atoms with Crippen LogP contribution < -0.4 is 10.6 Å². The number of aromatic nitrogens is 2. The van der Waals surface area contributed by atoms with Crippen LogP contribution in [0.25, 0.3) is 0 Å². The van der Waals surface area contributed by atoms with Gasteiger partial charge in [-0.05, 0) is 18.8 Å². The van der Waals surface area contributed by atoms with Gasteiger partial charge in [-0.1, -0.05) is 12.8 Å². The summed E-state index contributed by atoms with van der Waals surface area (Å²) in [6.07, 6.45) is 7.92. The highest BCUT2D eigenvalue weighted by Gasteiger charge is 2.22. The van der Waals surface area contributed by atoms with E-state index in [4.69, 9.17) is 5.11 Å². The van der Waals surface area contributed by atoms with Crippen molar-refractivity contribution in [3.8, 4) is 0 Å². The van der Waals surface area contributed by atoms with E-state index >= 15 is 0 Å². The summed E-state index contributed by atoms with van der Waals surface area (Å²) in [6.45, 7) is 0.613. The van der Waals surface area contributed by atoms with E-state index in [-0.39, 0.29) is 6.42 Å². The maximum absolute atomic E-state index is 11.7. The van der Waals surface area contributed by atoms with E-state index in [1.807, 2.05) is 0 Å². The molecule has 0 saturated heterocycles. The number of H-pyrrole nitrogens is 1. The minimum atomic E-state index is -1.06. The number of carbonyl (C=O) groups excluding carboxylic acids is 1. The Morgan fingerprint density at radius 1 is 1.45 bits per heavy atom. The summed E-state index contributed by atoms with van der Waals surface area (Å²) in [5.74, 6) is -0.535. The van der Waals surface area contributed by atoms with E-state index in [9.17, 15) is 9.59 Å². The Bertz CT molecular complexity index is 440. The van der Waals surface area contributed by atoms with Crippen molar-refractivity contribution in [2.24, 2.45) is 5.92 Å². The molecule has 110 valence electrons. The molecule has 0 spiro atoms. The van der Waals surface area contributed by atoms with Gasteiger partial charge in [0.1, 0.15) is 6.04 Å². The molecule has 1 saturated carbocycles. The number of urea groups is 1. The molecule has 1 aliphatic carbocycles. The molecule has 0 radical (unpaired) electrons. The van der Waals surface area contributed by atoms with E-state index in [0.717, 1.165) is 12.8 Å². The molecule has 20 heavy (non-hydrogen) atoms. The Labute approximate surface area is 117 Å². The molecule has 1 aromatic heterocycles. The molecule has 7 nitrogen and oxygen atoms in total. The first kappa shape index (κ1) is 14.4. The number of rotatable bonds is 6. The Balaban J connectivity index is 1.78. The van der Waals surface area contributed by atoms with Crippen LogP contribution in [0, 0.1) is 5.92 Å². The third-order valence-corrected chi connectivity index (χ3v) is 3.61. The van der Waals surface area contributed by atoms with Gasteiger partial charge in [0, 0.05) is 24.9 Å². The van der Waals surface area contributed by atoms with Crippen LogP contribution in [0.2, 0.25) is 0 Å². The van der Waals surface area contributed by atoms with Crippen molar-refractivity contribution >= 4 is 12.0 Å². The van der Waals surface area contributed by atoms with Gasteiger partial charge in [-0.15, -0.1) is 0 Å². The molecule has 0 aromatic carbocycles. The smallest absolute Gasteiger partial charge is 0.326 e. The monoisotopic (exact) mass is 280 g/mol. The summed E-state index contributed by atoms with van der Waals surface area (Å²) < 4.78 is 0. The Hall–Kier alpha value is -2.05. The number of hydrogen-bond donors (Lipinski definition) is 4. The molecule has 0 bridgehead atoms. The standard InChI is InChI=1S/C13H20N4O3/c18-12(19)11(5-10-7-14-8-16-10)17-13(20)15-6-9-3-1-2-4-9/h7-9,11H,1-6H2,(H,14,16)(H,18,19)(H2,15,17,20). The van der Waals surface area contributed by atoms with Crippen molar-refractivity contribution in [2.45, 2.75) is 38.1 Å². The Kier molecular flexibility index (Phi) is 4.97. The normalized spacial score (nSPS) is 16.8. The van der Waals surface area contributed by atoms with Crippen LogP contribution >= 0.6 is 0 Å². The van der Waals surface area contributed by atoms with Crippen molar-refractivity contribution in [2.75, 3.05) is 6.54 Å². The van der Waals surface area contributed by atoms with Gasteiger partial charge in [0.05, 0.1) is 6.33 Å². The molecule has 2 rings (SSSR count). The Morgan fingerprint density at radius 2 is 2.20 bits per heavy atom. The zero-order valence-electron chi connectivity index (χ0n) is 11.3. The molecule has 7 heteroatoms. The third-order valence-electron chi connectivity index (χ3n) is 3.61. The average molecular weight is 280 g/mol. The fourth-order valence-corrected chi connectivity index (χ4v) is 2.48. The largest absolute Gasteiger partial charge is 0.480 e. The average Bonchev–Trinajstić information content (AvgIpc) is 3.08. The Morgan fingerprint density at radius 3 is 2.80 bits per heavy atom. The molecule has 2 amide bonds. The number of aromatic amines is 1. The molecule has 0 aliphatic heterocycles. The highest BCUT2D eigenvalue weighted by molar-refractivity contribution is 5.82. The lowest BCUT2D eigenvalue weighted by molar-refractivity contribution is -0.139. The lowest BCUT2D eigenvalue weighted by atomic mass is 10.1. The van der Waals surface area contributed by atoms with Crippen LogP contribution in [0.15, 0.2) is 12.5 Å². The van der Waals surface area contributed by atoms with Crippen LogP contribution in [-0.2, 0) is 11.2 Å². The number of nitrogens with one attached hydrogen (secondary N) is 3. The number of carbonyl (C=O) groups is 2. The van der Waals surface area contributed by atoms with E-state index in [0.29, 0.717) is 18.2 Å². The highest BCUT2D eigenvalue weighted by atomic mass is 16.4. The van der Waals surface area contributed by atoms with Gasteiger partial charge >= 0.3 is 12.0 Å². The first-order valence-electron chi connectivity index (χ1n) is 6.89. The minimum Gasteiger partial charge on any atom is -0.480 e. The third kappa shape index (κ3) is 4.25. The topological polar surface area (TPSA) is 107 Å².